The molecule has 4 nitrogen and oxygen atoms in total. The molecule has 5 heteroatoms. The van der Waals surface area contributed by atoms with Crippen LogP contribution in [0.2, 0.25) is 0 Å². The fourth-order valence-corrected chi connectivity index (χ4v) is 1.57. The highest BCUT2D eigenvalue weighted by atomic mass is 19.1. The number of hydrogen-bond donors (Lipinski definition) is 1. The molecule has 90 valence electrons. The molecular weight excluding hydrogens is 231 g/mol. The summed E-state index contributed by atoms with van der Waals surface area (Å²) in [5.74, 6) is 0.164. The Balaban J connectivity index is 2.45. The third-order valence-corrected chi connectivity index (χ3v) is 2.32. The van der Waals surface area contributed by atoms with Gasteiger partial charge in [-0.3, -0.25) is 4.98 Å². The van der Waals surface area contributed by atoms with Gasteiger partial charge in [0.05, 0.1) is 29.7 Å². The third kappa shape index (κ3) is 2.61. The zero-order chi connectivity index (χ0) is 13.0. The molecule has 0 saturated heterocycles. The van der Waals surface area contributed by atoms with Crippen molar-refractivity contribution in [2.75, 3.05) is 11.9 Å². The van der Waals surface area contributed by atoms with E-state index in [4.69, 9.17) is 5.26 Å². The van der Waals surface area contributed by atoms with Crippen LogP contribution in [-0.2, 0) is 0 Å². The highest BCUT2D eigenvalue weighted by Gasteiger charge is 2.05. The van der Waals surface area contributed by atoms with Crippen molar-refractivity contribution in [2.24, 2.45) is 0 Å². The first kappa shape index (κ1) is 12.0. The molecule has 0 bridgehead atoms. The number of anilines is 1. The zero-order valence-corrected chi connectivity index (χ0v) is 9.81. The SMILES string of the molecule is CCNc1cncc(-c2cc(F)cc(C#N)c2)n1. The minimum atomic E-state index is -0.459. The molecule has 1 aromatic heterocycles. The molecule has 2 rings (SSSR count). The smallest absolute Gasteiger partial charge is 0.145 e. The van der Waals surface area contributed by atoms with E-state index in [-0.39, 0.29) is 5.56 Å². The van der Waals surface area contributed by atoms with Gasteiger partial charge in [0.25, 0.3) is 0 Å². The molecule has 0 unspecified atom stereocenters. The molecule has 0 amide bonds. The molecule has 18 heavy (non-hydrogen) atoms. The van der Waals surface area contributed by atoms with Gasteiger partial charge in [0.1, 0.15) is 11.6 Å². The fraction of sp³-hybridized carbons (Fsp3) is 0.154. The average molecular weight is 242 g/mol. The molecule has 1 heterocycles. The lowest BCUT2D eigenvalue weighted by atomic mass is 10.1. The Morgan fingerprint density at radius 1 is 1.33 bits per heavy atom. The molecule has 1 N–H and O–H groups in total. The monoisotopic (exact) mass is 242 g/mol. The van der Waals surface area contributed by atoms with E-state index >= 15 is 0 Å². The predicted octanol–water partition coefficient (Wildman–Crippen LogP) is 2.59. The predicted molar refractivity (Wildman–Crippen MR) is 66.3 cm³/mol. The lowest BCUT2D eigenvalue weighted by Crippen LogP contribution is -2.00. The standard InChI is InChI=1S/C13H11FN4/c1-2-17-13-8-16-7-12(18-13)10-3-9(6-15)4-11(14)5-10/h3-5,7-8H,2H2,1H3,(H,17,18). The Kier molecular flexibility index (Phi) is 3.49. The summed E-state index contributed by atoms with van der Waals surface area (Å²) in [4.78, 5) is 8.33. The molecule has 2 aromatic rings. The molecule has 0 saturated carbocycles. The van der Waals surface area contributed by atoms with Crippen LogP contribution in [0.5, 0.6) is 0 Å². The summed E-state index contributed by atoms with van der Waals surface area (Å²) in [6.45, 7) is 2.68. The van der Waals surface area contributed by atoms with Crippen LogP contribution in [0.4, 0.5) is 10.2 Å². The second-order valence-corrected chi connectivity index (χ2v) is 3.66. The maximum Gasteiger partial charge on any atom is 0.145 e. The Hall–Kier alpha value is -2.48. The number of nitriles is 1. The summed E-state index contributed by atoms with van der Waals surface area (Å²) in [5.41, 5.74) is 1.34. The van der Waals surface area contributed by atoms with Gasteiger partial charge in [0.2, 0.25) is 0 Å². The molecule has 0 spiro atoms. The first-order chi connectivity index (χ1) is 8.72. The van der Waals surface area contributed by atoms with Gasteiger partial charge >= 0.3 is 0 Å². The van der Waals surface area contributed by atoms with Gasteiger partial charge in [-0.05, 0) is 25.1 Å². The van der Waals surface area contributed by atoms with E-state index in [1.165, 1.54) is 18.3 Å². The summed E-state index contributed by atoms with van der Waals surface area (Å²) in [7, 11) is 0. The molecule has 1 aromatic carbocycles. The largest absolute Gasteiger partial charge is 0.369 e. The Morgan fingerprint density at radius 2 is 2.17 bits per heavy atom. The van der Waals surface area contributed by atoms with Crippen LogP contribution in [0.1, 0.15) is 12.5 Å². The van der Waals surface area contributed by atoms with E-state index in [2.05, 4.69) is 15.3 Å². The van der Waals surface area contributed by atoms with Crippen molar-refractivity contribution in [2.45, 2.75) is 6.92 Å². The summed E-state index contributed by atoms with van der Waals surface area (Å²) in [5, 5.41) is 11.8. The second kappa shape index (κ2) is 5.23. The maximum absolute atomic E-state index is 13.3. The van der Waals surface area contributed by atoms with Gasteiger partial charge in [-0.15, -0.1) is 0 Å². The lowest BCUT2D eigenvalue weighted by Gasteiger charge is -2.05. The molecule has 0 aliphatic heterocycles. The highest BCUT2D eigenvalue weighted by molar-refractivity contribution is 5.62. The topological polar surface area (TPSA) is 61.6 Å². The van der Waals surface area contributed by atoms with Crippen LogP contribution in [-0.4, -0.2) is 16.5 Å². The highest BCUT2D eigenvalue weighted by Crippen LogP contribution is 2.20. The molecular formula is C13H11FN4. The van der Waals surface area contributed by atoms with E-state index in [0.717, 1.165) is 6.54 Å². The van der Waals surface area contributed by atoms with E-state index < -0.39 is 5.82 Å². The Bertz CT molecular complexity index is 604. The van der Waals surface area contributed by atoms with Gasteiger partial charge < -0.3 is 5.32 Å². The van der Waals surface area contributed by atoms with Crippen LogP contribution >= 0.6 is 0 Å². The molecule has 0 fully saturated rings. The van der Waals surface area contributed by atoms with Crippen molar-refractivity contribution in [1.29, 1.82) is 5.26 Å². The Morgan fingerprint density at radius 3 is 2.89 bits per heavy atom. The first-order valence-electron chi connectivity index (χ1n) is 5.50. The lowest BCUT2D eigenvalue weighted by molar-refractivity contribution is 0.628. The van der Waals surface area contributed by atoms with Crippen molar-refractivity contribution >= 4 is 5.82 Å². The van der Waals surface area contributed by atoms with Gasteiger partial charge in [0, 0.05) is 12.1 Å². The van der Waals surface area contributed by atoms with Crippen LogP contribution in [0.25, 0.3) is 11.3 Å². The number of nitrogens with zero attached hydrogens (tertiary/aromatic N) is 3. The fourth-order valence-electron chi connectivity index (χ4n) is 1.57. The number of benzene rings is 1. The summed E-state index contributed by atoms with van der Waals surface area (Å²) >= 11 is 0. The summed E-state index contributed by atoms with van der Waals surface area (Å²) in [6.07, 6.45) is 3.13. The van der Waals surface area contributed by atoms with Crippen molar-refractivity contribution in [3.05, 3.63) is 42.0 Å². The first-order valence-corrected chi connectivity index (χ1v) is 5.50. The zero-order valence-electron chi connectivity index (χ0n) is 9.81. The van der Waals surface area contributed by atoms with Gasteiger partial charge in [-0.1, -0.05) is 0 Å². The maximum atomic E-state index is 13.3. The molecule has 0 aliphatic rings. The minimum Gasteiger partial charge on any atom is -0.369 e. The van der Waals surface area contributed by atoms with E-state index in [1.54, 1.807) is 12.3 Å². The summed E-state index contributed by atoms with van der Waals surface area (Å²) < 4.78 is 13.3. The van der Waals surface area contributed by atoms with Crippen molar-refractivity contribution in [3.63, 3.8) is 0 Å². The van der Waals surface area contributed by atoms with E-state index in [0.29, 0.717) is 17.1 Å². The average Bonchev–Trinajstić information content (AvgIpc) is 2.39. The van der Waals surface area contributed by atoms with Crippen LogP contribution < -0.4 is 5.32 Å². The Labute approximate surface area is 104 Å². The van der Waals surface area contributed by atoms with Crippen molar-refractivity contribution < 1.29 is 4.39 Å². The van der Waals surface area contributed by atoms with Crippen LogP contribution in [0.3, 0.4) is 0 Å². The van der Waals surface area contributed by atoms with Gasteiger partial charge in [-0.25, -0.2) is 9.37 Å². The normalized spacial score (nSPS) is 9.83. The molecule has 0 radical (unpaired) electrons. The molecule has 0 aliphatic carbocycles. The number of hydrogen-bond acceptors (Lipinski definition) is 4. The van der Waals surface area contributed by atoms with E-state index in [1.807, 2.05) is 13.0 Å². The third-order valence-electron chi connectivity index (χ3n) is 2.32. The number of rotatable bonds is 3. The number of halogens is 1. The van der Waals surface area contributed by atoms with Gasteiger partial charge in [0.15, 0.2) is 0 Å². The number of aromatic nitrogens is 2. The van der Waals surface area contributed by atoms with Crippen molar-refractivity contribution in [3.8, 4) is 17.3 Å². The summed E-state index contributed by atoms with van der Waals surface area (Å²) in [6, 6.07) is 6.02. The van der Waals surface area contributed by atoms with Crippen LogP contribution in [0.15, 0.2) is 30.6 Å². The quantitative estimate of drug-likeness (QED) is 0.898. The molecule has 0 atom stereocenters. The minimum absolute atomic E-state index is 0.264. The van der Waals surface area contributed by atoms with E-state index in [9.17, 15) is 4.39 Å². The van der Waals surface area contributed by atoms with Crippen molar-refractivity contribution in [1.82, 2.24) is 9.97 Å². The second-order valence-electron chi connectivity index (χ2n) is 3.66. The number of nitrogens with one attached hydrogen (secondary N) is 1. The van der Waals surface area contributed by atoms with Gasteiger partial charge in [-0.2, -0.15) is 5.26 Å². The van der Waals surface area contributed by atoms with Crippen LogP contribution in [0, 0.1) is 17.1 Å².